The van der Waals surface area contributed by atoms with E-state index in [4.69, 9.17) is 9.47 Å². The van der Waals surface area contributed by atoms with Crippen molar-refractivity contribution in [2.24, 2.45) is 0 Å². The van der Waals surface area contributed by atoms with Gasteiger partial charge < -0.3 is 14.4 Å². The summed E-state index contributed by atoms with van der Waals surface area (Å²) in [5.41, 5.74) is 1.35. The molecule has 5 nitrogen and oxygen atoms in total. The molecule has 1 atom stereocenters. The summed E-state index contributed by atoms with van der Waals surface area (Å²) >= 11 is 0. The number of carbonyl (C=O) groups excluding carboxylic acids is 2. The molecule has 2 aliphatic heterocycles. The number of fused-ring (bicyclic) bond motifs is 2. The van der Waals surface area contributed by atoms with Crippen LogP contribution in [-0.4, -0.2) is 35.5 Å². The molecule has 0 bridgehead atoms. The maximum Gasteiger partial charge on any atom is 0.339 e. The first-order valence-electron chi connectivity index (χ1n) is 10.9. The maximum atomic E-state index is 13.4. The van der Waals surface area contributed by atoms with E-state index in [1.54, 1.807) is 49.1 Å². The number of halogens is 1. The topological polar surface area (TPSA) is 55.8 Å². The minimum Gasteiger partial charge on any atom is -0.478 e. The Kier molecular flexibility index (Phi) is 4.96. The number of ether oxygens (including phenoxy) is 2. The summed E-state index contributed by atoms with van der Waals surface area (Å²) in [5.74, 6) is -0.219. The van der Waals surface area contributed by atoms with E-state index >= 15 is 0 Å². The minimum atomic E-state index is -1.11. The lowest BCUT2D eigenvalue weighted by Crippen LogP contribution is -2.49. The fourth-order valence-corrected chi connectivity index (χ4v) is 4.68. The Morgan fingerprint density at radius 2 is 1.64 bits per heavy atom. The number of nitrogens with zero attached hydrogens (tertiary/aromatic N) is 1. The van der Waals surface area contributed by atoms with Crippen LogP contribution in [0.1, 0.15) is 36.2 Å². The summed E-state index contributed by atoms with van der Waals surface area (Å²) in [7, 11) is 0. The molecule has 0 aliphatic carbocycles. The second-order valence-corrected chi connectivity index (χ2v) is 9.05. The van der Waals surface area contributed by atoms with Gasteiger partial charge in [-0.2, -0.15) is 0 Å². The number of likely N-dealkylation sites (tertiary alicyclic amines) is 1. The molecule has 1 unspecified atom stereocenters. The molecule has 33 heavy (non-hydrogen) atoms. The van der Waals surface area contributed by atoms with E-state index in [0.29, 0.717) is 30.8 Å². The Hall–Kier alpha value is -3.67. The van der Waals surface area contributed by atoms with Gasteiger partial charge >= 0.3 is 5.97 Å². The van der Waals surface area contributed by atoms with Crippen LogP contribution >= 0.6 is 0 Å². The Labute approximate surface area is 191 Å². The van der Waals surface area contributed by atoms with Gasteiger partial charge in [-0.25, -0.2) is 9.18 Å². The van der Waals surface area contributed by atoms with E-state index in [9.17, 15) is 14.0 Å². The third-order valence-electron chi connectivity index (χ3n) is 6.36. The largest absolute Gasteiger partial charge is 0.478 e. The van der Waals surface area contributed by atoms with E-state index < -0.39 is 11.2 Å². The van der Waals surface area contributed by atoms with Crippen molar-refractivity contribution >= 4 is 11.9 Å². The van der Waals surface area contributed by atoms with Crippen molar-refractivity contribution in [3.05, 3.63) is 89.7 Å². The molecule has 5 rings (SSSR count). The van der Waals surface area contributed by atoms with E-state index in [2.05, 4.69) is 0 Å². The molecule has 168 valence electrons. The summed E-state index contributed by atoms with van der Waals surface area (Å²) in [6, 6.07) is 21.0. The summed E-state index contributed by atoms with van der Waals surface area (Å²) in [4.78, 5) is 27.4. The highest BCUT2D eigenvalue weighted by Gasteiger charge is 2.52. The van der Waals surface area contributed by atoms with E-state index in [1.165, 1.54) is 12.1 Å². The monoisotopic (exact) mass is 445 g/mol. The fourth-order valence-electron chi connectivity index (χ4n) is 4.68. The molecule has 0 aromatic heterocycles. The predicted molar refractivity (Wildman–Crippen MR) is 121 cm³/mol. The highest BCUT2D eigenvalue weighted by molar-refractivity contribution is 5.95. The Morgan fingerprint density at radius 3 is 2.33 bits per heavy atom. The molecular weight excluding hydrogens is 421 g/mol. The Bertz CT molecular complexity index is 1220. The van der Waals surface area contributed by atoms with Crippen molar-refractivity contribution in [1.29, 1.82) is 0 Å². The lowest BCUT2D eigenvalue weighted by atomic mass is 9.91. The number of hydrogen-bond donors (Lipinski definition) is 0. The minimum absolute atomic E-state index is 0.164. The fraction of sp³-hybridized carbons (Fsp3) is 0.259. The van der Waals surface area contributed by atoms with Crippen LogP contribution in [0, 0.1) is 5.82 Å². The van der Waals surface area contributed by atoms with Gasteiger partial charge in [-0.15, -0.1) is 0 Å². The van der Waals surface area contributed by atoms with Crippen LogP contribution in [0.2, 0.25) is 0 Å². The van der Waals surface area contributed by atoms with Crippen LogP contribution in [0.3, 0.4) is 0 Å². The number of carbonyl (C=O) groups is 2. The lowest BCUT2D eigenvalue weighted by molar-refractivity contribution is -0.145. The standard InChI is InChI=1S/C27H24FNO4/c1-26(2,32-21-13-9-19(10-14-21)18-7-11-20(28)12-8-18)25(31)29-16-15-27(17-29)23-6-4-3-5-22(23)24(30)33-27/h3-14H,15-17H2,1-2H3. The number of benzene rings is 3. The van der Waals surface area contributed by atoms with Crippen molar-refractivity contribution in [2.45, 2.75) is 31.5 Å². The zero-order valence-electron chi connectivity index (χ0n) is 18.5. The number of rotatable bonds is 4. The van der Waals surface area contributed by atoms with Crippen molar-refractivity contribution in [3.8, 4) is 16.9 Å². The SMILES string of the molecule is CC(C)(Oc1ccc(-c2ccc(F)cc2)cc1)C(=O)N1CCC2(C1)OC(=O)c1ccccc12. The van der Waals surface area contributed by atoms with Crippen molar-refractivity contribution in [3.63, 3.8) is 0 Å². The molecule has 3 aromatic rings. The average molecular weight is 445 g/mol. The number of amides is 1. The van der Waals surface area contributed by atoms with E-state index in [-0.39, 0.29) is 17.7 Å². The van der Waals surface area contributed by atoms with E-state index in [1.807, 2.05) is 30.3 Å². The first-order chi connectivity index (χ1) is 15.8. The predicted octanol–water partition coefficient (Wildman–Crippen LogP) is 4.95. The van der Waals surface area contributed by atoms with Crippen LogP contribution in [0.5, 0.6) is 5.75 Å². The highest BCUT2D eigenvalue weighted by atomic mass is 19.1. The van der Waals surface area contributed by atoms with Crippen LogP contribution in [0.15, 0.2) is 72.8 Å². The van der Waals surface area contributed by atoms with Crippen LogP contribution in [-0.2, 0) is 15.1 Å². The molecule has 2 aliphatic rings. The van der Waals surface area contributed by atoms with Crippen molar-refractivity contribution in [1.82, 2.24) is 4.90 Å². The summed E-state index contributed by atoms with van der Waals surface area (Å²) < 4.78 is 25.0. The van der Waals surface area contributed by atoms with Gasteiger partial charge in [-0.05, 0) is 55.3 Å². The molecule has 1 saturated heterocycles. The molecule has 0 radical (unpaired) electrons. The van der Waals surface area contributed by atoms with E-state index in [0.717, 1.165) is 16.7 Å². The first-order valence-corrected chi connectivity index (χ1v) is 10.9. The molecule has 0 saturated carbocycles. The van der Waals surface area contributed by atoms with Crippen LogP contribution < -0.4 is 4.74 Å². The van der Waals surface area contributed by atoms with Gasteiger partial charge in [0.2, 0.25) is 0 Å². The third-order valence-corrected chi connectivity index (χ3v) is 6.36. The lowest BCUT2D eigenvalue weighted by Gasteiger charge is -2.31. The quantitative estimate of drug-likeness (QED) is 0.534. The normalized spacial score (nSPS) is 19.5. The highest BCUT2D eigenvalue weighted by Crippen LogP contribution is 2.43. The van der Waals surface area contributed by atoms with Crippen LogP contribution in [0.25, 0.3) is 11.1 Å². The third kappa shape index (κ3) is 3.75. The number of hydrogen-bond acceptors (Lipinski definition) is 4. The van der Waals surface area contributed by atoms with Gasteiger partial charge in [0.15, 0.2) is 11.2 Å². The summed E-state index contributed by atoms with van der Waals surface area (Å²) in [6.07, 6.45) is 0.559. The maximum absolute atomic E-state index is 13.4. The molecular formula is C27H24FNO4. The molecule has 1 spiro atoms. The van der Waals surface area contributed by atoms with Crippen LogP contribution in [0.4, 0.5) is 4.39 Å². The smallest absolute Gasteiger partial charge is 0.339 e. The second-order valence-electron chi connectivity index (χ2n) is 9.05. The van der Waals surface area contributed by atoms with Crippen molar-refractivity contribution in [2.75, 3.05) is 13.1 Å². The molecule has 3 aromatic carbocycles. The molecule has 0 N–H and O–H groups in total. The second kappa shape index (κ2) is 7.73. The Balaban J connectivity index is 1.29. The Morgan fingerprint density at radius 1 is 1.00 bits per heavy atom. The zero-order valence-corrected chi connectivity index (χ0v) is 18.5. The van der Waals surface area contributed by atoms with Gasteiger partial charge in [0.05, 0.1) is 12.1 Å². The molecule has 6 heteroatoms. The van der Waals surface area contributed by atoms with Gasteiger partial charge in [0.1, 0.15) is 11.6 Å². The first kappa shape index (κ1) is 21.2. The molecule has 2 heterocycles. The van der Waals surface area contributed by atoms with Crippen molar-refractivity contribution < 1.29 is 23.5 Å². The average Bonchev–Trinajstić information content (AvgIpc) is 3.35. The summed E-state index contributed by atoms with van der Waals surface area (Å²) in [5, 5.41) is 0. The van der Waals surface area contributed by atoms with Gasteiger partial charge in [0, 0.05) is 18.5 Å². The molecule has 1 fully saturated rings. The van der Waals surface area contributed by atoms with Gasteiger partial charge in [0.25, 0.3) is 5.91 Å². The zero-order chi connectivity index (χ0) is 23.2. The number of esters is 1. The van der Waals surface area contributed by atoms with Gasteiger partial charge in [-0.1, -0.05) is 42.5 Å². The molecule has 1 amide bonds. The summed E-state index contributed by atoms with van der Waals surface area (Å²) in [6.45, 7) is 4.27. The van der Waals surface area contributed by atoms with Gasteiger partial charge in [-0.3, -0.25) is 4.79 Å².